The van der Waals surface area contributed by atoms with Crippen molar-refractivity contribution in [2.45, 2.75) is 25.8 Å². The van der Waals surface area contributed by atoms with E-state index in [0.717, 1.165) is 19.5 Å². The van der Waals surface area contributed by atoms with Crippen molar-refractivity contribution in [1.82, 2.24) is 4.90 Å². The molecule has 0 N–H and O–H groups in total. The highest BCUT2D eigenvalue weighted by molar-refractivity contribution is 6.13. The fraction of sp³-hybridized carbons (Fsp3) is 0.400. The number of hydrogen-bond acceptors (Lipinski definition) is 3. The lowest BCUT2D eigenvalue weighted by atomic mass is 9.98. The Labute approximate surface area is 119 Å². The molecule has 0 radical (unpaired) electrons. The van der Waals surface area contributed by atoms with Gasteiger partial charge in [0.05, 0.1) is 6.42 Å². The fourth-order valence-electron chi connectivity index (χ4n) is 2.40. The lowest BCUT2D eigenvalue weighted by molar-refractivity contribution is -0.135. The Morgan fingerprint density at radius 1 is 1.42 bits per heavy atom. The van der Waals surface area contributed by atoms with Gasteiger partial charge in [-0.25, -0.2) is 0 Å². The molecule has 1 heterocycles. The summed E-state index contributed by atoms with van der Waals surface area (Å²) in [6, 6.07) is 10.6. The first-order valence-electron chi connectivity index (χ1n) is 6.50. The standard InChI is InChI=1S/C15H18ClNO2/c1-12(11-15(18)19-16)17-9-7-14(8-10-17)13-5-3-2-4-6-13/h2-7,12H,8-11H2,1H3. The molecule has 0 aliphatic carbocycles. The van der Waals surface area contributed by atoms with Gasteiger partial charge in [0.2, 0.25) is 0 Å². The zero-order valence-corrected chi connectivity index (χ0v) is 11.8. The zero-order valence-electron chi connectivity index (χ0n) is 11.0. The van der Waals surface area contributed by atoms with Crippen molar-refractivity contribution in [3.63, 3.8) is 0 Å². The zero-order chi connectivity index (χ0) is 13.7. The molecule has 1 atom stereocenters. The van der Waals surface area contributed by atoms with E-state index in [2.05, 4.69) is 39.5 Å². The normalized spacial score (nSPS) is 17.7. The molecule has 0 fully saturated rings. The van der Waals surface area contributed by atoms with Gasteiger partial charge in [-0.2, -0.15) is 0 Å². The summed E-state index contributed by atoms with van der Waals surface area (Å²) < 4.78 is 4.19. The average molecular weight is 280 g/mol. The van der Waals surface area contributed by atoms with Crippen LogP contribution in [0.1, 0.15) is 25.3 Å². The summed E-state index contributed by atoms with van der Waals surface area (Å²) in [6.45, 7) is 3.84. The Hall–Kier alpha value is -1.32. The van der Waals surface area contributed by atoms with Crippen LogP contribution >= 0.6 is 11.9 Å². The Kier molecular flexibility index (Phi) is 5.00. The summed E-state index contributed by atoms with van der Waals surface area (Å²) in [6.07, 6.45) is 3.57. The predicted molar refractivity (Wildman–Crippen MR) is 76.6 cm³/mol. The summed E-state index contributed by atoms with van der Waals surface area (Å²) in [5.74, 6) is -0.369. The Morgan fingerprint density at radius 3 is 2.74 bits per heavy atom. The third kappa shape index (κ3) is 3.82. The molecular weight excluding hydrogens is 262 g/mol. The lowest BCUT2D eigenvalue weighted by Crippen LogP contribution is -2.37. The summed E-state index contributed by atoms with van der Waals surface area (Å²) in [7, 11) is 0. The average Bonchev–Trinajstić information content (AvgIpc) is 2.48. The molecule has 1 unspecified atom stereocenters. The van der Waals surface area contributed by atoms with Crippen LogP contribution in [0.5, 0.6) is 0 Å². The van der Waals surface area contributed by atoms with Crippen LogP contribution in [0.2, 0.25) is 0 Å². The molecule has 0 amide bonds. The quantitative estimate of drug-likeness (QED) is 0.847. The van der Waals surface area contributed by atoms with E-state index in [4.69, 9.17) is 11.9 Å². The van der Waals surface area contributed by atoms with Crippen LogP contribution in [-0.2, 0) is 9.08 Å². The van der Waals surface area contributed by atoms with Crippen LogP contribution < -0.4 is 0 Å². The largest absolute Gasteiger partial charge is 0.348 e. The van der Waals surface area contributed by atoms with Crippen molar-refractivity contribution in [3.05, 3.63) is 42.0 Å². The minimum Gasteiger partial charge on any atom is -0.348 e. The SMILES string of the molecule is CC(CC(=O)OCl)N1CC=C(c2ccccc2)CC1. The van der Waals surface area contributed by atoms with Crippen molar-refractivity contribution >= 4 is 23.4 Å². The van der Waals surface area contributed by atoms with E-state index in [9.17, 15) is 4.79 Å². The van der Waals surface area contributed by atoms with Crippen LogP contribution in [0, 0.1) is 0 Å². The Morgan fingerprint density at radius 2 is 2.16 bits per heavy atom. The van der Waals surface area contributed by atoms with Gasteiger partial charge in [0.1, 0.15) is 11.9 Å². The fourth-order valence-corrected chi connectivity index (χ4v) is 2.46. The summed E-state index contributed by atoms with van der Waals surface area (Å²) in [5, 5.41) is 0. The number of halogens is 1. The van der Waals surface area contributed by atoms with Gasteiger partial charge in [0.15, 0.2) is 0 Å². The van der Waals surface area contributed by atoms with Crippen LogP contribution in [0.3, 0.4) is 0 Å². The van der Waals surface area contributed by atoms with Gasteiger partial charge in [-0.1, -0.05) is 36.4 Å². The highest BCUT2D eigenvalue weighted by Gasteiger charge is 2.20. The minimum absolute atomic E-state index is 0.153. The monoisotopic (exact) mass is 279 g/mol. The van der Waals surface area contributed by atoms with Gasteiger partial charge in [0, 0.05) is 19.1 Å². The van der Waals surface area contributed by atoms with Gasteiger partial charge >= 0.3 is 5.97 Å². The number of rotatable bonds is 4. The molecule has 19 heavy (non-hydrogen) atoms. The number of nitrogens with zero attached hydrogens (tertiary/aromatic N) is 1. The van der Waals surface area contributed by atoms with Gasteiger partial charge in [-0.3, -0.25) is 9.69 Å². The maximum Gasteiger partial charge on any atom is 0.326 e. The number of benzene rings is 1. The number of carbonyl (C=O) groups excluding carboxylic acids is 1. The van der Waals surface area contributed by atoms with Crippen LogP contribution in [-0.4, -0.2) is 30.0 Å². The molecule has 3 nitrogen and oxygen atoms in total. The molecule has 0 saturated carbocycles. The molecule has 0 bridgehead atoms. The molecule has 1 aliphatic rings. The third-order valence-electron chi connectivity index (χ3n) is 3.56. The van der Waals surface area contributed by atoms with E-state index >= 15 is 0 Å². The molecule has 4 heteroatoms. The second-order valence-corrected chi connectivity index (χ2v) is 5.00. The van der Waals surface area contributed by atoms with E-state index in [1.165, 1.54) is 11.1 Å². The van der Waals surface area contributed by atoms with E-state index in [1.807, 2.05) is 13.0 Å². The minimum atomic E-state index is -0.369. The summed E-state index contributed by atoms with van der Waals surface area (Å²) in [4.78, 5) is 13.4. The van der Waals surface area contributed by atoms with Gasteiger partial charge in [0.25, 0.3) is 0 Å². The Balaban J connectivity index is 1.94. The lowest BCUT2D eigenvalue weighted by Gasteiger charge is -2.31. The smallest absolute Gasteiger partial charge is 0.326 e. The molecule has 0 spiro atoms. The molecule has 0 aromatic heterocycles. The second kappa shape index (κ2) is 6.73. The molecular formula is C15H18ClNO2. The molecule has 102 valence electrons. The first kappa shape index (κ1) is 14.1. The molecule has 1 aromatic rings. The maximum atomic E-state index is 11.2. The van der Waals surface area contributed by atoms with Crippen molar-refractivity contribution in [2.75, 3.05) is 13.1 Å². The van der Waals surface area contributed by atoms with Gasteiger partial charge in [-0.05, 0) is 24.5 Å². The summed E-state index contributed by atoms with van der Waals surface area (Å²) in [5.41, 5.74) is 2.67. The third-order valence-corrected chi connectivity index (χ3v) is 3.73. The van der Waals surface area contributed by atoms with Gasteiger partial charge < -0.3 is 4.29 Å². The first-order chi connectivity index (χ1) is 9.20. The van der Waals surface area contributed by atoms with Crippen LogP contribution in [0.25, 0.3) is 5.57 Å². The van der Waals surface area contributed by atoms with Crippen molar-refractivity contribution < 1.29 is 9.08 Å². The van der Waals surface area contributed by atoms with Crippen molar-refractivity contribution in [1.29, 1.82) is 0 Å². The van der Waals surface area contributed by atoms with E-state index in [0.29, 0.717) is 6.42 Å². The highest BCUT2D eigenvalue weighted by atomic mass is 35.5. The van der Waals surface area contributed by atoms with E-state index in [1.54, 1.807) is 0 Å². The molecule has 0 saturated heterocycles. The number of carbonyl (C=O) groups is 1. The maximum absolute atomic E-state index is 11.2. The Bertz CT molecular complexity index is 458. The van der Waals surface area contributed by atoms with Gasteiger partial charge in [-0.15, -0.1) is 0 Å². The van der Waals surface area contributed by atoms with E-state index < -0.39 is 0 Å². The van der Waals surface area contributed by atoms with Crippen LogP contribution in [0.4, 0.5) is 0 Å². The molecule has 1 aromatic carbocycles. The van der Waals surface area contributed by atoms with E-state index in [-0.39, 0.29) is 12.0 Å². The first-order valence-corrected chi connectivity index (χ1v) is 6.81. The molecule has 1 aliphatic heterocycles. The predicted octanol–water partition coefficient (Wildman–Crippen LogP) is 3.25. The number of hydrogen-bond donors (Lipinski definition) is 0. The molecule has 2 rings (SSSR count). The van der Waals surface area contributed by atoms with Crippen LogP contribution in [0.15, 0.2) is 36.4 Å². The second-order valence-electron chi connectivity index (χ2n) is 4.84. The topological polar surface area (TPSA) is 29.5 Å². The van der Waals surface area contributed by atoms with Crippen molar-refractivity contribution in [2.24, 2.45) is 0 Å². The highest BCUT2D eigenvalue weighted by Crippen LogP contribution is 2.23. The van der Waals surface area contributed by atoms with Crippen molar-refractivity contribution in [3.8, 4) is 0 Å². The summed E-state index contributed by atoms with van der Waals surface area (Å²) >= 11 is 5.06.